The fraction of sp³-hybridized carbons (Fsp3) is 1.00. The van der Waals surface area contributed by atoms with Crippen LogP contribution in [0.15, 0.2) is 0 Å². The predicted molar refractivity (Wildman–Crippen MR) is 556 cm³/mol. The summed E-state index contributed by atoms with van der Waals surface area (Å²) in [6.45, 7) is 96.0. The zero-order valence-corrected chi connectivity index (χ0v) is 93.0. The molecule has 4 unspecified atom stereocenters. The number of rotatable bonds is 32. The molecule has 14 rings (SSSR count). The summed E-state index contributed by atoms with van der Waals surface area (Å²) in [4.78, 5) is 37.5. The highest BCUT2D eigenvalue weighted by molar-refractivity contribution is 5.04. The Balaban J connectivity index is 0.000000195. The highest BCUT2D eigenvalue weighted by atomic mass is 19.3. The molecule has 0 aromatic rings. The molecule has 0 spiro atoms. The Labute approximate surface area is 830 Å². The monoisotopic (exact) mass is 1940 g/mol. The van der Waals surface area contributed by atoms with Crippen molar-refractivity contribution in [2.24, 2.45) is 76.9 Å². The minimum atomic E-state index is -2.55. The average molecular weight is 1950 g/mol. The van der Waals surface area contributed by atoms with Gasteiger partial charge in [0.1, 0.15) is 5.67 Å². The zero-order valence-electron chi connectivity index (χ0n) is 93.0. The largest absolute Gasteiger partial charge is 0.303 e. The summed E-state index contributed by atoms with van der Waals surface area (Å²) in [5.41, 5.74) is -0.886. The molecule has 0 aliphatic carbocycles. The summed E-state index contributed by atoms with van der Waals surface area (Å²) in [6, 6.07) is 3.93. The summed E-state index contributed by atoms with van der Waals surface area (Å²) in [5, 5.41) is 0. The molecule has 14 fully saturated rings. The third kappa shape index (κ3) is 39.4. The summed E-state index contributed by atoms with van der Waals surface area (Å²) >= 11 is 0. The van der Waals surface area contributed by atoms with Crippen LogP contribution in [0, 0.1) is 76.9 Å². The molecule has 802 valence electrons. The molecular weight excluding hydrogens is 1730 g/mol. The van der Waals surface area contributed by atoms with Crippen molar-refractivity contribution in [3.63, 3.8) is 0 Å². The van der Waals surface area contributed by atoms with Crippen molar-refractivity contribution in [2.45, 2.75) is 405 Å². The van der Waals surface area contributed by atoms with E-state index in [0.717, 1.165) is 121 Å². The molecule has 0 bridgehead atoms. The third-order valence-electron chi connectivity index (χ3n) is 33.6. The van der Waals surface area contributed by atoms with Crippen molar-refractivity contribution >= 4 is 0 Å². The van der Waals surface area contributed by atoms with E-state index in [9.17, 15) is 39.5 Å². The van der Waals surface area contributed by atoms with Gasteiger partial charge in [0.15, 0.2) is 0 Å². The fourth-order valence-corrected chi connectivity index (χ4v) is 24.9. The summed E-state index contributed by atoms with van der Waals surface area (Å²) in [6.07, 6.45) is 17.9. The number of hydrogen-bond donors (Lipinski definition) is 0. The van der Waals surface area contributed by atoms with Gasteiger partial charge in [-0.2, -0.15) is 0 Å². The average Bonchev–Trinajstić information content (AvgIpc) is 0.752. The van der Waals surface area contributed by atoms with Crippen LogP contribution in [-0.4, -0.2) is 416 Å². The Hall–Kier alpha value is -1.27. The van der Waals surface area contributed by atoms with Crippen molar-refractivity contribution < 1.29 is 39.5 Å². The number of piperidine rings is 7. The minimum absolute atomic E-state index is 0.0268. The molecule has 136 heavy (non-hydrogen) atoms. The molecule has 25 heteroatoms. The lowest BCUT2D eigenvalue weighted by Gasteiger charge is -2.51. The van der Waals surface area contributed by atoms with Crippen molar-refractivity contribution in [3.8, 4) is 0 Å². The quantitative estimate of drug-likeness (QED) is 0.0600. The maximum absolute atomic E-state index is 14.3. The van der Waals surface area contributed by atoms with Crippen LogP contribution in [0.1, 0.15) is 303 Å². The topological polar surface area (TPSA) is 51.8 Å². The molecule has 16 nitrogen and oxygen atoms in total. The molecule has 0 radical (unpaired) electrons. The van der Waals surface area contributed by atoms with Gasteiger partial charge in [-0.1, -0.05) is 96.9 Å². The molecule has 0 saturated carbocycles. The molecule has 4 atom stereocenters. The van der Waals surface area contributed by atoms with Crippen LogP contribution in [0.5, 0.6) is 0 Å². The van der Waals surface area contributed by atoms with Gasteiger partial charge in [0.2, 0.25) is 0 Å². The Morgan fingerprint density at radius 1 is 0.221 bits per heavy atom. The number of nitrogens with zero attached hydrogens (tertiary/aromatic N) is 16. The van der Waals surface area contributed by atoms with Crippen LogP contribution in [0.4, 0.5) is 39.5 Å². The van der Waals surface area contributed by atoms with E-state index < -0.39 is 53.3 Å². The molecule has 0 aromatic heterocycles. The van der Waals surface area contributed by atoms with Gasteiger partial charge in [0.05, 0.1) is 38.3 Å². The Bertz CT molecular complexity index is 2990. The first-order valence-electron chi connectivity index (χ1n) is 56.6. The number of halogens is 9. The van der Waals surface area contributed by atoms with E-state index in [4.69, 9.17) is 0 Å². The van der Waals surface area contributed by atoms with Crippen LogP contribution >= 0.6 is 0 Å². The molecule has 14 aliphatic rings. The Morgan fingerprint density at radius 3 is 0.831 bits per heavy atom. The predicted octanol–water partition coefficient (Wildman–Crippen LogP) is 20.8. The van der Waals surface area contributed by atoms with Gasteiger partial charge < -0.3 is 29.4 Å². The normalized spacial score (nSPS) is 27.8. The van der Waals surface area contributed by atoms with E-state index in [0.29, 0.717) is 129 Å². The molecule has 0 aromatic carbocycles. The maximum Gasteiger partial charge on any atom is 0.275 e. The summed E-state index contributed by atoms with van der Waals surface area (Å²) in [5.74, 6) is -3.51. The van der Waals surface area contributed by atoms with Crippen LogP contribution in [0.2, 0.25) is 0 Å². The summed E-state index contributed by atoms with van der Waals surface area (Å²) < 4.78 is 128. The molecule has 0 N–H and O–H groups in total. The molecule has 14 aliphatic heterocycles. The van der Waals surface area contributed by atoms with E-state index in [2.05, 4.69) is 187 Å². The zero-order chi connectivity index (χ0) is 101. The highest BCUT2D eigenvalue weighted by Gasteiger charge is 2.55. The van der Waals surface area contributed by atoms with Crippen LogP contribution in [-0.2, 0) is 0 Å². The second-order valence-electron chi connectivity index (χ2n) is 51.1. The number of piperazine rings is 2. The second kappa shape index (κ2) is 56.2. The Morgan fingerprint density at radius 2 is 0.522 bits per heavy atom. The number of hydrogen-bond acceptors (Lipinski definition) is 16. The molecule has 14 heterocycles. The highest BCUT2D eigenvalue weighted by Crippen LogP contribution is 2.44. The van der Waals surface area contributed by atoms with Gasteiger partial charge in [-0.3, -0.25) is 49.0 Å². The van der Waals surface area contributed by atoms with E-state index in [1.165, 1.54) is 182 Å². The van der Waals surface area contributed by atoms with Gasteiger partial charge in [0.25, 0.3) is 23.7 Å². The van der Waals surface area contributed by atoms with E-state index in [-0.39, 0.29) is 38.3 Å². The van der Waals surface area contributed by atoms with Crippen LogP contribution < -0.4 is 0 Å². The number of alkyl halides is 9. The fourth-order valence-electron chi connectivity index (χ4n) is 24.9. The van der Waals surface area contributed by atoms with E-state index in [1.54, 1.807) is 0 Å². The van der Waals surface area contributed by atoms with Crippen LogP contribution in [0.3, 0.4) is 0 Å². The van der Waals surface area contributed by atoms with E-state index >= 15 is 0 Å². The van der Waals surface area contributed by atoms with E-state index in [1.807, 2.05) is 84.8 Å². The first-order chi connectivity index (χ1) is 63.6. The van der Waals surface area contributed by atoms with Crippen molar-refractivity contribution in [1.29, 1.82) is 0 Å². The smallest absolute Gasteiger partial charge is 0.275 e. The maximum atomic E-state index is 14.3. The van der Waals surface area contributed by atoms with Gasteiger partial charge in [-0.05, 0) is 337 Å². The Kier molecular flexibility index (Phi) is 49.6. The first kappa shape index (κ1) is 120. The van der Waals surface area contributed by atoms with Crippen molar-refractivity contribution in [3.05, 3.63) is 0 Å². The number of likely N-dealkylation sites (tertiary alicyclic amines) is 12. The lowest BCUT2D eigenvalue weighted by atomic mass is 9.84. The first-order valence-corrected chi connectivity index (χ1v) is 56.6. The van der Waals surface area contributed by atoms with Crippen molar-refractivity contribution in [2.75, 3.05) is 236 Å². The molecule has 0 amide bonds. The third-order valence-corrected chi connectivity index (χ3v) is 33.6. The lowest BCUT2D eigenvalue weighted by molar-refractivity contribution is -0.154. The van der Waals surface area contributed by atoms with Crippen LogP contribution in [0.25, 0.3) is 0 Å². The minimum Gasteiger partial charge on any atom is -0.303 e. The van der Waals surface area contributed by atoms with Gasteiger partial charge in [0, 0.05) is 216 Å². The van der Waals surface area contributed by atoms with Gasteiger partial charge >= 0.3 is 0 Å². The standard InChI is InChI=1S/2C18H37N3.4C15H28F2N2.C15H29FN2/c1-16(2)15-20-13-11-19(12-14-20)8-5-18-6-9-21(10-7-18)17(3)4;1-16(2)15-20-9-6-18(7-10-20)5-8-19-11-13-21(14-12-19)17(3)4;2*1-11(2)7-13-8-19(9-13)14-5-6-18(12(3)4)10-15(14,16)17;2*1-11(2)7-13-5-6-18(10-15(13,16)17)14-8-19(9-14)12(3)4;1-12(2)9-15(16)10-18(11-15)14-5-7-17(8-6-14)13(3)4/h2*16-18H,5-15H2,1-4H3;4*11-14H,5-10H2,1-4H3;12-14H,5-11H2,1-4H3. The lowest BCUT2D eigenvalue weighted by Crippen LogP contribution is -2.64. The second-order valence-corrected chi connectivity index (χ2v) is 51.1. The van der Waals surface area contributed by atoms with Gasteiger partial charge in [-0.25, -0.2) is 39.5 Å². The SMILES string of the molecule is CC(C)CC1(F)CN(C2CCN(C(C)C)CC2)C1.CC(C)CC1CCN(C2CN(C(C)C)C2)CC1(F)F.CC(C)CC1CCN(C2CN(C(C)C)C2)CC1(F)F.CC(C)CC1CN(C2CCN(C(C)C)CC2(F)F)C1.CC(C)CC1CN(C2CCN(C(C)C)CC2(F)F)C1.CC(C)CN1CCC(CCN2CCN(C(C)C)CC2)CC1.CC(C)CN1CCN(CCC2CCN(C(C)C)CC2)CC1. The molecular formula is C111H215F9N16. The van der Waals surface area contributed by atoms with Gasteiger partial charge in [-0.15, -0.1) is 0 Å². The molecule has 14 saturated heterocycles. The van der Waals surface area contributed by atoms with Crippen molar-refractivity contribution in [1.82, 2.24) is 78.4 Å². The summed E-state index contributed by atoms with van der Waals surface area (Å²) in [7, 11) is 0.